The number of alkyl halides is 1. The first-order chi connectivity index (χ1) is 8.06. The van der Waals surface area contributed by atoms with Crippen LogP contribution in [0.25, 0.3) is 0 Å². The lowest BCUT2D eigenvalue weighted by Crippen LogP contribution is -2.35. The van der Waals surface area contributed by atoms with Crippen LogP contribution in [0.15, 0.2) is 6.07 Å². The molecule has 98 valence electrons. The molecule has 1 N–H and O–H groups in total. The van der Waals surface area contributed by atoms with Crippen LogP contribution in [0, 0.1) is 12.3 Å². The summed E-state index contributed by atoms with van der Waals surface area (Å²) in [6.07, 6.45) is 2.23. The molecule has 0 saturated carbocycles. The van der Waals surface area contributed by atoms with E-state index in [2.05, 4.69) is 30.3 Å². The Labute approximate surface area is 110 Å². The van der Waals surface area contributed by atoms with Crippen molar-refractivity contribution in [1.29, 1.82) is 0 Å². The van der Waals surface area contributed by atoms with Gasteiger partial charge in [0.1, 0.15) is 0 Å². The van der Waals surface area contributed by atoms with Gasteiger partial charge >= 0.3 is 0 Å². The predicted octanol–water partition coefficient (Wildman–Crippen LogP) is 2.86. The molecule has 0 amide bonds. The highest BCUT2D eigenvalue weighted by Crippen LogP contribution is 2.26. The van der Waals surface area contributed by atoms with Crippen molar-refractivity contribution >= 4 is 11.6 Å². The van der Waals surface area contributed by atoms with E-state index < -0.39 is 0 Å². The van der Waals surface area contributed by atoms with E-state index in [1.54, 1.807) is 0 Å². The van der Waals surface area contributed by atoms with Crippen molar-refractivity contribution in [2.45, 2.75) is 40.2 Å². The summed E-state index contributed by atoms with van der Waals surface area (Å²) in [4.78, 5) is 0. The Morgan fingerprint density at radius 3 is 2.47 bits per heavy atom. The molecule has 0 aliphatic rings. The average molecular weight is 258 g/mol. The third-order valence-corrected chi connectivity index (χ3v) is 4.26. The number of nitrogens with one attached hydrogen (secondary N) is 1. The summed E-state index contributed by atoms with van der Waals surface area (Å²) >= 11 is 6.08. The number of halogens is 1. The summed E-state index contributed by atoms with van der Waals surface area (Å²) in [5.74, 6) is 0.720. The molecule has 0 aliphatic carbocycles. The molecule has 1 aromatic rings. The van der Waals surface area contributed by atoms with Crippen LogP contribution >= 0.6 is 11.6 Å². The van der Waals surface area contributed by atoms with Crippen LogP contribution in [0.1, 0.15) is 38.1 Å². The fraction of sp³-hybridized carbons (Fsp3) is 0.769. The lowest BCUT2D eigenvalue weighted by Gasteiger charge is -2.29. The van der Waals surface area contributed by atoms with Crippen molar-refractivity contribution in [2.24, 2.45) is 12.5 Å². The van der Waals surface area contributed by atoms with E-state index in [1.165, 1.54) is 5.69 Å². The third kappa shape index (κ3) is 3.71. The SMILES string of the molecule is CCC(CC)(CCl)CNCc1cc(C)nn1C. The van der Waals surface area contributed by atoms with E-state index in [9.17, 15) is 0 Å². The Morgan fingerprint density at radius 1 is 1.41 bits per heavy atom. The fourth-order valence-corrected chi connectivity index (χ4v) is 2.49. The van der Waals surface area contributed by atoms with Gasteiger partial charge in [0.25, 0.3) is 0 Å². The van der Waals surface area contributed by atoms with Crippen LogP contribution in [0.2, 0.25) is 0 Å². The molecule has 0 bridgehead atoms. The smallest absolute Gasteiger partial charge is 0.0597 e. The third-order valence-electron chi connectivity index (χ3n) is 3.69. The summed E-state index contributed by atoms with van der Waals surface area (Å²) in [6.45, 7) is 8.26. The molecule has 0 spiro atoms. The second-order valence-corrected chi connectivity index (χ2v) is 5.11. The van der Waals surface area contributed by atoms with E-state index in [-0.39, 0.29) is 5.41 Å². The Bertz CT molecular complexity index is 334. The Morgan fingerprint density at radius 2 is 2.06 bits per heavy atom. The largest absolute Gasteiger partial charge is 0.311 e. The molecular formula is C13H24ClN3. The van der Waals surface area contributed by atoms with E-state index in [1.807, 2.05) is 18.7 Å². The Hall–Kier alpha value is -0.540. The maximum absolute atomic E-state index is 6.08. The molecule has 1 heterocycles. The van der Waals surface area contributed by atoms with Gasteiger partial charge in [-0.05, 0) is 31.2 Å². The molecule has 1 aromatic heterocycles. The maximum atomic E-state index is 6.08. The van der Waals surface area contributed by atoms with Gasteiger partial charge in [-0.1, -0.05) is 13.8 Å². The van der Waals surface area contributed by atoms with E-state index in [4.69, 9.17) is 11.6 Å². The van der Waals surface area contributed by atoms with Crippen molar-refractivity contribution in [3.8, 4) is 0 Å². The summed E-state index contributed by atoms with van der Waals surface area (Å²) in [5, 5.41) is 7.84. The van der Waals surface area contributed by atoms with Gasteiger partial charge in [0, 0.05) is 26.0 Å². The monoisotopic (exact) mass is 257 g/mol. The lowest BCUT2D eigenvalue weighted by atomic mass is 9.84. The van der Waals surface area contributed by atoms with E-state index >= 15 is 0 Å². The molecule has 0 fully saturated rings. The van der Waals surface area contributed by atoms with Crippen LogP contribution in [-0.2, 0) is 13.6 Å². The molecule has 3 nitrogen and oxygen atoms in total. The van der Waals surface area contributed by atoms with Crippen LogP contribution in [0.4, 0.5) is 0 Å². The zero-order valence-electron chi connectivity index (χ0n) is 11.4. The van der Waals surface area contributed by atoms with Crippen LogP contribution in [0.5, 0.6) is 0 Å². The topological polar surface area (TPSA) is 29.9 Å². The van der Waals surface area contributed by atoms with Gasteiger partial charge in [-0.25, -0.2) is 0 Å². The number of nitrogens with zero attached hydrogens (tertiary/aromatic N) is 2. The first-order valence-electron chi connectivity index (χ1n) is 6.33. The quantitative estimate of drug-likeness (QED) is 0.762. The molecule has 17 heavy (non-hydrogen) atoms. The van der Waals surface area contributed by atoms with Gasteiger partial charge in [0.15, 0.2) is 0 Å². The Balaban J connectivity index is 2.49. The van der Waals surface area contributed by atoms with Gasteiger partial charge < -0.3 is 5.32 Å². The van der Waals surface area contributed by atoms with Crippen LogP contribution in [-0.4, -0.2) is 22.2 Å². The highest BCUT2D eigenvalue weighted by molar-refractivity contribution is 6.18. The summed E-state index contributed by atoms with van der Waals surface area (Å²) in [5.41, 5.74) is 2.52. The molecule has 0 atom stereocenters. The minimum atomic E-state index is 0.231. The number of aromatic nitrogens is 2. The molecule has 0 radical (unpaired) electrons. The van der Waals surface area contributed by atoms with Crippen LogP contribution in [0.3, 0.4) is 0 Å². The zero-order valence-corrected chi connectivity index (χ0v) is 12.1. The normalized spacial score (nSPS) is 12.1. The van der Waals surface area contributed by atoms with Crippen molar-refractivity contribution in [2.75, 3.05) is 12.4 Å². The zero-order chi connectivity index (χ0) is 12.9. The van der Waals surface area contributed by atoms with Gasteiger partial charge in [0.05, 0.1) is 11.4 Å². The number of hydrogen-bond acceptors (Lipinski definition) is 2. The molecule has 0 saturated heterocycles. The second-order valence-electron chi connectivity index (χ2n) is 4.84. The van der Waals surface area contributed by atoms with Crippen molar-refractivity contribution in [3.63, 3.8) is 0 Å². The van der Waals surface area contributed by atoms with Gasteiger partial charge in [-0.2, -0.15) is 5.10 Å². The van der Waals surface area contributed by atoms with Gasteiger partial charge in [-0.15, -0.1) is 11.6 Å². The minimum absolute atomic E-state index is 0.231. The molecule has 4 heteroatoms. The molecule has 1 rings (SSSR count). The highest BCUT2D eigenvalue weighted by Gasteiger charge is 2.24. The first kappa shape index (κ1) is 14.5. The number of aryl methyl sites for hydroxylation is 2. The standard InChI is InChI=1S/C13H24ClN3/c1-5-13(6-2,9-14)10-15-8-12-7-11(3)16-17(12)4/h7,15H,5-6,8-10H2,1-4H3. The Kier molecular flexibility index (Phi) is 5.47. The molecular weight excluding hydrogens is 234 g/mol. The van der Waals surface area contributed by atoms with E-state index in [0.29, 0.717) is 0 Å². The van der Waals surface area contributed by atoms with Gasteiger partial charge in [0.2, 0.25) is 0 Å². The van der Waals surface area contributed by atoms with Crippen molar-refractivity contribution in [3.05, 3.63) is 17.5 Å². The van der Waals surface area contributed by atoms with E-state index in [0.717, 1.165) is 37.5 Å². The first-order valence-corrected chi connectivity index (χ1v) is 6.86. The number of hydrogen-bond donors (Lipinski definition) is 1. The van der Waals surface area contributed by atoms with Crippen molar-refractivity contribution in [1.82, 2.24) is 15.1 Å². The lowest BCUT2D eigenvalue weighted by molar-refractivity contribution is 0.285. The average Bonchev–Trinajstić information content (AvgIpc) is 2.64. The second kappa shape index (κ2) is 6.41. The molecule has 0 aromatic carbocycles. The minimum Gasteiger partial charge on any atom is -0.311 e. The maximum Gasteiger partial charge on any atom is 0.0597 e. The number of rotatable bonds is 7. The van der Waals surface area contributed by atoms with Gasteiger partial charge in [-0.3, -0.25) is 4.68 Å². The highest BCUT2D eigenvalue weighted by atomic mass is 35.5. The summed E-state index contributed by atoms with van der Waals surface area (Å²) in [6, 6.07) is 2.12. The van der Waals surface area contributed by atoms with Crippen LogP contribution < -0.4 is 5.32 Å². The summed E-state index contributed by atoms with van der Waals surface area (Å²) < 4.78 is 1.93. The van der Waals surface area contributed by atoms with Crippen molar-refractivity contribution < 1.29 is 0 Å². The predicted molar refractivity (Wildman–Crippen MR) is 73.4 cm³/mol. The molecule has 0 aliphatic heterocycles. The fourth-order valence-electron chi connectivity index (χ4n) is 2.02. The summed E-state index contributed by atoms with van der Waals surface area (Å²) in [7, 11) is 1.98. The molecule has 0 unspecified atom stereocenters.